The van der Waals surface area contributed by atoms with E-state index in [4.69, 9.17) is 21.1 Å². The minimum Gasteiger partial charge on any atom is -0.493 e. The molecule has 0 aliphatic carbocycles. The second-order valence-electron chi connectivity index (χ2n) is 5.67. The Morgan fingerprint density at radius 3 is 2.33 bits per heavy atom. The van der Waals surface area contributed by atoms with Crippen molar-refractivity contribution in [2.24, 2.45) is 5.16 Å². The lowest BCUT2D eigenvalue weighted by atomic mass is 9.93. The Bertz CT molecular complexity index is 775. The lowest BCUT2D eigenvalue weighted by molar-refractivity contribution is 0.317. The van der Waals surface area contributed by atoms with Crippen molar-refractivity contribution in [1.29, 1.82) is 0 Å². The fraction of sp³-hybridized carbons (Fsp3) is 0.278. The van der Waals surface area contributed by atoms with Crippen molar-refractivity contribution in [3.63, 3.8) is 0 Å². The maximum atomic E-state index is 9.42. The maximum Gasteiger partial charge on any atom is 0.162 e. The Kier molecular flexibility index (Phi) is 4.53. The topological polar surface area (TPSA) is 54.3 Å². The van der Waals surface area contributed by atoms with Gasteiger partial charge in [-0.05, 0) is 37.3 Å². The monoisotopic (exact) mass is 346 g/mol. The number of rotatable bonds is 3. The van der Waals surface area contributed by atoms with Crippen molar-refractivity contribution >= 4 is 28.7 Å². The Morgan fingerprint density at radius 1 is 1.12 bits per heavy atom. The van der Waals surface area contributed by atoms with Gasteiger partial charge in [0.05, 0.1) is 25.6 Å². The summed E-state index contributed by atoms with van der Waals surface area (Å²) in [4.78, 5) is 2.18. The van der Waals surface area contributed by atoms with Crippen LogP contribution in [-0.2, 0) is 0 Å². The van der Waals surface area contributed by atoms with Gasteiger partial charge in [-0.2, -0.15) is 0 Å². The van der Waals surface area contributed by atoms with Crippen LogP contribution in [0.3, 0.4) is 0 Å². The number of halogens is 1. The normalized spacial score (nSPS) is 18.4. The molecule has 0 fully saturated rings. The molecule has 3 rings (SSSR count). The Labute approximate surface area is 146 Å². The molecule has 0 amide bonds. The van der Waals surface area contributed by atoms with Gasteiger partial charge in [-0.3, -0.25) is 0 Å². The molecule has 1 aliphatic rings. The van der Waals surface area contributed by atoms with Gasteiger partial charge in [0.2, 0.25) is 0 Å². The molecule has 0 aromatic heterocycles. The van der Waals surface area contributed by atoms with E-state index in [2.05, 4.69) is 17.0 Å². The number of anilines is 2. The highest BCUT2D eigenvalue weighted by Crippen LogP contribution is 2.43. The highest BCUT2D eigenvalue weighted by atomic mass is 35.5. The zero-order valence-corrected chi connectivity index (χ0v) is 14.5. The third-order valence-electron chi connectivity index (χ3n) is 4.23. The van der Waals surface area contributed by atoms with Crippen molar-refractivity contribution < 1.29 is 14.7 Å². The number of oxime groups is 1. The second-order valence-corrected chi connectivity index (χ2v) is 6.11. The average Bonchev–Trinajstić information content (AvgIpc) is 2.61. The third-order valence-corrected chi connectivity index (χ3v) is 4.48. The van der Waals surface area contributed by atoms with E-state index in [0.717, 1.165) is 16.9 Å². The van der Waals surface area contributed by atoms with Gasteiger partial charge in [-0.25, -0.2) is 0 Å². The zero-order valence-electron chi connectivity index (χ0n) is 13.8. The first kappa shape index (κ1) is 16.5. The Morgan fingerprint density at radius 2 is 1.75 bits per heavy atom. The summed E-state index contributed by atoms with van der Waals surface area (Å²) in [5, 5.41) is 13.6. The van der Waals surface area contributed by atoms with E-state index in [0.29, 0.717) is 28.7 Å². The van der Waals surface area contributed by atoms with Gasteiger partial charge >= 0.3 is 0 Å². The first-order chi connectivity index (χ1) is 11.6. The molecule has 1 atom stereocenters. The number of ether oxygens (including phenoxy) is 2. The number of methoxy groups -OCH3 is 2. The van der Waals surface area contributed by atoms with E-state index < -0.39 is 0 Å². The Balaban J connectivity index is 2.21. The molecule has 0 spiro atoms. The van der Waals surface area contributed by atoms with Crippen LogP contribution < -0.4 is 14.4 Å². The van der Waals surface area contributed by atoms with Crippen LogP contribution in [0.5, 0.6) is 11.5 Å². The molecule has 1 N–H and O–H groups in total. The number of benzene rings is 2. The summed E-state index contributed by atoms with van der Waals surface area (Å²) in [5.74, 6) is 1.23. The quantitative estimate of drug-likeness (QED) is 0.658. The molecule has 6 heteroatoms. The smallest absolute Gasteiger partial charge is 0.162 e. The van der Waals surface area contributed by atoms with Crippen LogP contribution in [0.1, 0.15) is 18.9 Å². The van der Waals surface area contributed by atoms with E-state index in [9.17, 15) is 5.21 Å². The van der Waals surface area contributed by atoms with Crippen LogP contribution in [-0.4, -0.2) is 31.2 Å². The fourth-order valence-electron chi connectivity index (χ4n) is 3.11. The predicted octanol–water partition coefficient (Wildman–Crippen LogP) is 4.47. The number of nitrogens with zero attached hydrogens (tertiary/aromatic N) is 2. The highest BCUT2D eigenvalue weighted by Gasteiger charge is 2.30. The van der Waals surface area contributed by atoms with Crippen molar-refractivity contribution in [3.8, 4) is 11.5 Å². The molecular formula is C18H19ClN2O3. The summed E-state index contributed by atoms with van der Waals surface area (Å²) < 4.78 is 10.8. The van der Waals surface area contributed by atoms with Gasteiger partial charge in [-0.1, -0.05) is 16.8 Å². The van der Waals surface area contributed by atoms with Crippen molar-refractivity contribution in [2.45, 2.75) is 19.4 Å². The standard InChI is InChI=1S/C18H19ClN2O3/c1-11-8-15(20-22)14-9-17(23-2)18(24-3)10-16(14)21(11)13-6-4-12(19)5-7-13/h4-7,9-11,22H,8H2,1-3H3/b20-15+. The van der Waals surface area contributed by atoms with E-state index >= 15 is 0 Å². The molecule has 126 valence electrons. The SMILES string of the molecule is COc1cc2c(cc1OC)N(c1ccc(Cl)cc1)C(C)C/C2=N\O. The summed E-state index contributed by atoms with van der Waals surface area (Å²) in [7, 11) is 3.19. The van der Waals surface area contributed by atoms with Gasteiger partial charge in [0.1, 0.15) is 0 Å². The van der Waals surface area contributed by atoms with E-state index in [-0.39, 0.29) is 6.04 Å². The maximum absolute atomic E-state index is 9.42. The minimum atomic E-state index is 0.114. The largest absolute Gasteiger partial charge is 0.493 e. The molecule has 1 aliphatic heterocycles. The summed E-state index contributed by atoms with van der Waals surface area (Å²) >= 11 is 6.01. The minimum absolute atomic E-state index is 0.114. The van der Waals surface area contributed by atoms with Gasteiger partial charge in [-0.15, -0.1) is 0 Å². The predicted molar refractivity (Wildman–Crippen MR) is 95.5 cm³/mol. The summed E-state index contributed by atoms with van der Waals surface area (Å²) in [6, 6.07) is 11.5. The lowest BCUT2D eigenvalue weighted by Crippen LogP contribution is -2.36. The molecule has 1 heterocycles. The molecule has 24 heavy (non-hydrogen) atoms. The van der Waals surface area contributed by atoms with Gasteiger partial charge < -0.3 is 19.6 Å². The van der Waals surface area contributed by atoms with Gasteiger partial charge in [0, 0.05) is 34.8 Å². The molecule has 0 radical (unpaired) electrons. The molecule has 5 nitrogen and oxygen atoms in total. The van der Waals surface area contributed by atoms with Crippen molar-refractivity contribution in [3.05, 3.63) is 47.0 Å². The lowest BCUT2D eigenvalue weighted by Gasteiger charge is -2.37. The van der Waals surface area contributed by atoms with E-state index in [1.807, 2.05) is 36.4 Å². The van der Waals surface area contributed by atoms with E-state index in [1.165, 1.54) is 0 Å². The second kappa shape index (κ2) is 6.61. The van der Waals surface area contributed by atoms with Crippen LogP contribution in [0.25, 0.3) is 0 Å². The molecule has 2 aromatic carbocycles. The average molecular weight is 347 g/mol. The fourth-order valence-corrected chi connectivity index (χ4v) is 3.23. The molecule has 0 bridgehead atoms. The number of hydrogen-bond acceptors (Lipinski definition) is 5. The first-order valence-electron chi connectivity index (χ1n) is 7.61. The zero-order chi connectivity index (χ0) is 17.3. The molecular weight excluding hydrogens is 328 g/mol. The first-order valence-corrected chi connectivity index (χ1v) is 7.99. The van der Waals surface area contributed by atoms with Crippen LogP contribution in [0.15, 0.2) is 41.6 Å². The van der Waals surface area contributed by atoms with Crippen LogP contribution in [0.4, 0.5) is 11.4 Å². The summed E-state index contributed by atoms with van der Waals surface area (Å²) in [6.07, 6.45) is 0.613. The van der Waals surface area contributed by atoms with Crippen LogP contribution in [0.2, 0.25) is 5.02 Å². The van der Waals surface area contributed by atoms with Crippen molar-refractivity contribution in [1.82, 2.24) is 0 Å². The summed E-state index contributed by atoms with van der Waals surface area (Å²) in [5.41, 5.74) is 3.37. The highest BCUT2D eigenvalue weighted by molar-refractivity contribution is 6.30. The Hall–Kier alpha value is -2.40. The van der Waals surface area contributed by atoms with Crippen molar-refractivity contribution in [2.75, 3.05) is 19.1 Å². The molecule has 0 saturated heterocycles. The number of fused-ring (bicyclic) bond motifs is 1. The molecule has 0 saturated carbocycles. The van der Waals surface area contributed by atoms with Crippen LogP contribution in [0, 0.1) is 0 Å². The molecule has 2 aromatic rings. The van der Waals surface area contributed by atoms with Gasteiger partial charge in [0.15, 0.2) is 11.5 Å². The molecule has 1 unspecified atom stereocenters. The number of hydrogen-bond donors (Lipinski definition) is 1. The van der Waals surface area contributed by atoms with E-state index in [1.54, 1.807) is 14.2 Å². The van der Waals surface area contributed by atoms with Gasteiger partial charge in [0.25, 0.3) is 0 Å². The van der Waals surface area contributed by atoms with Crippen LogP contribution >= 0.6 is 11.6 Å². The summed E-state index contributed by atoms with van der Waals surface area (Å²) in [6.45, 7) is 2.08. The third kappa shape index (κ3) is 2.76.